The molecule has 1 aliphatic carbocycles. The monoisotopic (exact) mass is 441 g/mol. The molecule has 1 aliphatic heterocycles. The maximum Gasteiger partial charge on any atom is 0.410 e. The van der Waals surface area contributed by atoms with Crippen LogP contribution in [0.15, 0.2) is 23.1 Å². The summed E-state index contributed by atoms with van der Waals surface area (Å²) >= 11 is 0. The Hall–Kier alpha value is -1.67. The van der Waals surface area contributed by atoms with Gasteiger partial charge in [-0.3, -0.25) is 0 Å². The molecular formula is C22H32FNO5S. The van der Waals surface area contributed by atoms with Crippen LogP contribution in [0.1, 0.15) is 45.6 Å². The minimum Gasteiger partial charge on any atom is -0.444 e. The second-order valence-corrected chi connectivity index (χ2v) is 11.5. The van der Waals surface area contributed by atoms with Crippen molar-refractivity contribution in [1.29, 1.82) is 0 Å². The van der Waals surface area contributed by atoms with E-state index in [-0.39, 0.29) is 17.6 Å². The van der Waals surface area contributed by atoms with E-state index in [0.29, 0.717) is 29.9 Å². The van der Waals surface area contributed by atoms with Gasteiger partial charge in [0.2, 0.25) is 0 Å². The van der Waals surface area contributed by atoms with Crippen molar-refractivity contribution in [1.82, 2.24) is 4.90 Å². The Morgan fingerprint density at radius 3 is 2.47 bits per heavy atom. The Bertz CT molecular complexity index is 872. The lowest BCUT2D eigenvalue weighted by atomic mass is 9.91. The lowest BCUT2D eigenvalue weighted by molar-refractivity contribution is 0.0170. The van der Waals surface area contributed by atoms with Crippen LogP contribution >= 0.6 is 0 Å². The van der Waals surface area contributed by atoms with E-state index in [1.54, 1.807) is 11.0 Å². The van der Waals surface area contributed by atoms with Gasteiger partial charge in [-0.1, -0.05) is 6.07 Å². The summed E-state index contributed by atoms with van der Waals surface area (Å²) in [4.78, 5) is 13.7. The first-order valence-electron chi connectivity index (χ1n) is 10.5. The third kappa shape index (κ3) is 6.17. The van der Waals surface area contributed by atoms with Crippen LogP contribution in [0.4, 0.5) is 9.18 Å². The van der Waals surface area contributed by atoms with Gasteiger partial charge in [0.15, 0.2) is 9.84 Å². The van der Waals surface area contributed by atoms with Crippen LogP contribution in [0.3, 0.4) is 0 Å². The van der Waals surface area contributed by atoms with E-state index >= 15 is 0 Å². The molecule has 1 aromatic carbocycles. The quantitative estimate of drug-likeness (QED) is 0.666. The van der Waals surface area contributed by atoms with Crippen LogP contribution in [-0.4, -0.2) is 51.0 Å². The first-order chi connectivity index (χ1) is 13.9. The fraction of sp³-hybridized carbons (Fsp3) is 0.682. The van der Waals surface area contributed by atoms with Crippen molar-refractivity contribution in [2.24, 2.45) is 17.8 Å². The molecule has 0 aromatic heterocycles. The molecule has 0 spiro atoms. The normalized spacial score (nSPS) is 22.8. The van der Waals surface area contributed by atoms with Crippen LogP contribution < -0.4 is 0 Å². The van der Waals surface area contributed by atoms with Gasteiger partial charge in [-0.25, -0.2) is 17.6 Å². The van der Waals surface area contributed by atoms with Crippen molar-refractivity contribution in [2.75, 3.05) is 26.0 Å². The highest BCUT2D eigenvalue weighted by molar-refractivity contribution is 7.90. The predicted octanol–water partition coefficient (Wildman–Crippen LogP) is 4.03. The fourth-order valence-corrected chi connectivity index (χ4v) is 4.87. The molecule has 1 amide bonds. The second-order valence-electron chi connectivity index (χ2n) is 9.52. The minimum absolute atomic E-state index is 0.231. The van der Waals surface area contributed by atoms with Gasteiger partial charge in [0.05, 0.1) is 13.2 Å². The molecule has 8 heteroatoms. The Morgan fingerprint density at radius 1 is 1.23 bits per heavy atom. The van der Waals surface area contributed by atoms with Gasteiger partial charge in [-0.15, -0.1) is 0 Å². The van der Waals surface area contributed by atoms with Gasteiger partial charge in [-0.2, -0.15) is 0 Å². The molecule has 1 saturated carbocycles. The van der Waals surface area contributed by atoms with Crippen molar-refractivity contribution in [3.63, 3.8) is 0 Å². The van der Waals surface area contributed by atoms with Crippen LogP contribution in [0.25, 0.3) is 0 Å². The summed E-state index contributed by atoms with van der Waals surface area (Å²) in [7, 11) is -3.56. The van der Waals surface area contributed by atoms with E-state index in [0.717, 1.165) is 38.6 Å². The van der Waals surface area contributed by atoms with Gasteiger partial charge in [0.25, 0.3) is 0 Å². The second kappa shape index (κ2) is 8.83. The van der Waals surface area contributed by atoms with Crippen LogP contribution in [0.5, 0.6) is 0 Å². The van der Waals surface area contributed by atoms with Crippen LogP contribution in [0, 0.1) is 23.6 Å². The standard InChI is InChI=1S/C22H32FNO5S/c1-22(2,3)29-21(25)24-9-7-16(8-10-24)18-12-17(18)14-28-13-15-5-6-20(19(23)11-15)30(4,26)27/h5-6,11,16-18H,7-10,12-14H2,1-4H3/t17-,18?/m0/s1. The molecule has 0 radical (unpaired) electrons. The van der Waals surface area contributed by atoms with Gasteiger partial charge in [-0.05, 0) is 75.5 Å². The summed E-state index contributed by atoms with van der Waals surface area (Å²) < 4.78 is 48.1. The highest BCUT2D eigenvalue weighted by Gasteiger charge is 2.44. The number of halogens is 1. The number of rotatable bonds is 6. The summed E-state index contributed by atoms with van der Waals surface area (Å²) in [6.07, 6.45) is 3.85. The molecule has 1 unspecified atom stereocenters. The first kappa shape index (κ1) is 23.0. The molecule has 168 valence electrons. The molecule has 3 rings (SSSR count). The first-order valence-corrected chi connectivity index (χ1v) is 12.4. The Balaban J connectivity index is 1.38. The molecule has 2 aliphatic rings. The van der Waals surface area contributed by atoms with Crippen molar-refractivity contribution >= 4 is 15.9 Å². The molecular weight excluding hydrogens is 409 g/mol. The van der Waals surface area contributed by atoms with Gasteiger partial charge in [0.1, 0.15) is 16.3 Å². The summed E-state index contributed by atoms with van der Waals surface area (Å²) in [5, 5.41) is 0. The third-order valence-corrected chi connectivity index (χ3v) is 6.90. The maximum absolute atomic E-state index is 14.0. The number of piperidine rings is 1. The largest absolute Gasteiger partial charge is 0.444 e. The van der Waals surface area contributed by atoms with Gasteiger partial charge in [0, 0.05) is 19.3 Å². The summed E-state index contributed by atoms with van der Waals surface area (Å²) in [5.41, 5.74) is 0.156. The lowest BCUT2D eigenvalue weighted by Crippen LogP contribution is -2.42. The smallest absolute Gasteiger partial charge is 0.410 e. The van der Waals surface area contributed by atoms with Gasteiger partial charge >= 0.3 is 6.09 Å². The number of sulfone groups is 1. The number of carbonyl (C=O) groups is 1. The third-order valence-electron chi connectivity index (χ3n) is 5.77. The SMILES string of the molecule is CC(C)(C)OC(=O)N1CCC(C2C[C@H]2COCc2ccc(S(C)(=O)=O)c(F)c2)CC1. The molecule has 1 aromatic rings. The van der Waals surface area contributed by atoms with E-state index in [2.05, 4.69) is 0 Å². The number of nitrogens with zero attached hydrogens (tertiary/aromatic N) is 1. The Kier molecular flexibility index (Phi) is 6.77. The maximum atomic E-state index is 14.0. The fourth-order valence-electron chi connectivity index (χ4n) is 4.14. The van der Waals surface area contributed by atoms with E-state index < -0.39 is 21.3 Å². The molecule has 1 saturated heterocycles. The molecule has 1 heterocycles. The van der Waals surface area contributed by atoms with Crippen molar-refractivity contribution in [2.45, 2.75) is 57.1 Å². The number of hydrogen-bond acceptors (Lipinski definition) is 5. The zero-order valence-corrected chi connectivity index (χ0v) is 19.0. The van der Waals surface area contributed by atoms with E-state index in [9.17, 15) is 17.6 Å². The minimum atomic E-state index is -3.56. The van der Waals surface area contributed by atoms with Crippen molar-refractivity contribution in [3.8, 4) is 0 Å². The number of benzene rings is 1. The van der Waals surface area contributed by atoms with Crippen molar-refractivity contribution in [3.05, 3.63) is 29.6 Å². The van der Waals surface area contributed by atoms with E-state index in [4.69, 9.17) is 9.47 Å². The molecule has 2 fully saturated rings. The van der Waals surface area contributed by atoms with E-state index in [1.165, 1.54) is 12.1 Å². The van der Waals surface area contributed by atoms with E-state index in [1.807, 2.05) is 20.8 Å². The molecule has 0 N–H and O–H groups in total. The number of ether oxygens (including phenoxy) is 2. The highest BCUT2D eigenvalue weighted by Crippen LogP contribution is 2.48. The lowest BCUT2D eigenvalue weighted by Gasteiger charge is -2.33. The average Bonchev–Trinajstić information content (AvgIpc) is 3.39. The summed E-state index contributed by atoms with van der Waals surface area (Å²) in [5.74, 6) is 0.988. The van der Waals surface area contributed by atoms with Crippen molar-refractivity contribution < 1.29 is 27.1 Å². The van der Waals surface area contributed by atoms with Crippen LogP contribution in [-0.2, 0) is 25.9 Å². The zero-order valence-electron chi connectivity index (χ0n) is 18.2. The average molecular weight is 442 g/mol. The number of likely N-dealkylation sites (tertiary alicyclic amines) is 1. The summed E-state index contributed by atoms with van der Waals surface area (Å²) in [6.45, 7) is 7.97. The number of hydrogen-bond donors (Lipinski definition) is 0. The summed E-state index contributed by atoms with van der Waals surface area (Å²) in [6, 6.07) is 4.12. The molecule has 2 atom stereocenters. The Labute approximate surface area is 178 Å². The molecule has 30 heavy (non-hydrogen) atoms. The topological polar surface area (TPSA) is 72.9 Å². The number of carbonyl (C=O) groups excluding carboxylic acids is 1. The van der Waals surface area contributed by atoms with Gasteiger partial charge < -0.3 is 14.4 Å². The molecule has 6 nitrogen and oxygen atoms in total. The number of amides is 1. The van der Waals surface area contributed by atoms with Crippen LogP contribution in [0.2, 0.25) is 0 Å². The Morgan fingerprint density at radius 2 is 1.90 bits per heavy atom. The molecule has 0 bridgehead atoms. The predicted molar refractivity (Wildman–Crippen MR) is 111 cm³/mol. The zero-order chi connectivity index (χ0) is 22.1. The highest BCUT2D eigenvalue weighted by atomic mass is 32.2.